The molecule has 10 heteroatoms. The standard InChI is InChI=1S/C31H23BrF3N3O3/c1-2-40-28-16-21(12-15-27(28)41-19-20-10-13-24(32)14-11-20)18-36-38-29(22-6-5-7-23(17-22)31(33,34)35)37-26-9-4-3-8-25(26)30(38)39/h3-18H,2,19H2,1H3. The summed E-state index contributed by atoms with van der Waals surface area (Å²) in [6, 6.07) is 24.2. The molecule has 0 N–H and O–H groups in total. The first-order chi connectivity index (χ1) is 19.7. The average molecular weight is 622 g/mol. The molecule has 0 radical (unpaired) electrons. The van der Waals surface area contributed by atoms with E-state index in [9.17, 15) is 18.0 Å². The normalized spacial score (nSPS) is 11.7. The second-order valence-corrected chi connectivity index (χ2v) is 9.86. The topological polar surface area (TPSA) is 65.7 Å². The summed E-state index contributed by atoms with van der Waals surface area (Å²) in [6.45, 7) is 2.57. The van der Waals surface area contributed by atoms with Crippen LogP contribution in [0.25, 0.3) is 22.3 Å². The maximum atomic E-state index is 13.4. The molecule has 5 rings (SSSR count). The molecular formula is C31H23BrF3N3O3. The van der Waals surface area contributed by atoms with Gasteiger partial charge in [-0.05, 0) is 72.6 Å². The van der Waals surface area contributed by atoms with Crippen LogP contribution in [0.15, 0.2) is 105 Å². The molecule has 0 aliphatic heterocycles. The molecule has 0 aliphatic carbocycles. The molecule has 208 valence electrons. The van der Waals surface area contributed by atoms with Gasteiger partial charge in [0.15, 0.2) is 17.3 Å². The van der Waals surface area contributed by atoms with Crippen molar-refractivity contribution in [2.45, 2.75) is 19.7 Å². The van der Waals surface area contributed by atoms with Gasteiger partial charge in [0, 0.05) is 10.0 Å². The third kappa shape index (κ3) is 6.49. The molecule has 0 unspecified atom stereocenters. The molecule has 0 aliphatic rings. The third-order valence-electron chi connectivity index (χ3n) is 6.10. The quantitative estimate of drug-likeness (QED) is 0.166. The molecular weight excluding hydrogens is 599 g/mol. The van der Waals surface area contributed by atoms with Crippen LogP contribution in [0.2, 0.25) is 0 Å². The zero-order valence-corrected chi connectivity index (χ0v) is 23.3. The molecule has 5 aromatic rings. The lowest BCUT2D eigenvalue weighted by molar-refractivity contribution is -0.137. The number of benzene rings is 4. The van der Waals surface area contributed by atoms with Crippen LogP contribution in [0.5, 0.6) is 11.5 Å². The van der Waals surface area contributed by atoms with Crippen molar-refractivity contribution in [3.05, 3.63) is 123 Å². The van der Waals surface area contributed by atoms with Crippen LogP contribution in [0.3, 0.4) is 0 Å². The van der Waals surface area contributed by atoms with E-state index in [-0.39, 0.29) is 16.8 Å². The molecule has 0 spiro atoms. The number of aromatic nitrogens is 2. The summed E-state index contributed by atoms with van der Waals surface area (Å²) in [7, 11) is 0. The highest BCUT2D eigenvalue weighted by molar-refractivity contribution is 9.10. The number of hydrogen-bond acceptors (Lipinski definition) is 5. The summed E-state index contributed by atoms with van der Waals surface area (Å²) < 4.78 is 54.1. The van der Waals surface area contributed by atoms with Crippen molar-refractivity contribution in [3.8, 4) is 22.9 Å². The summed E-state index contributed by atoms with van der Waals surface area (Å²) in [5, 5.41) is 4.65. The molecule has 1 heterocycles. The van der Waals surface area contributed by atoms with Crippen molar-refractivity contribution in [2.24, 2.45) is 5.10 Å². The van der Waals surface area contributed by atoms with Crippen LogP contribution in [0, 0.1) is 0 Å². The van der Waals surface area contributed by atoms with Crippen molar-refractivity contribution in [1.29, 1.82) is 0 Å². The SMILES string of the molecule is CCOc1cc(C=Nn2c(-c3cccc(C(F)(F)F)c3)nc3ccccc3c2=O)ccc1OCc1ccc(Br)cc1. The van der Waals surface area contributed by atoms with Crippen molar-refractivity contribution >= 4 is 33.0 Å². The van der Waals surface area contributed by atoms with Crippen LogP contribution < -0.4 is 15.0 Å². The summed E-state index contributed by atoms with van der Waals surface area (Å²) in [5.41, 5.74) is 0.645. The smallest absolute Gasteiger partial charge is 0.416 e. The molecule has 0 bridgehead atoms. The van der Waals surface area contributed by atoms with Crippen molar-refractivity contribution < 1.29 is 22.6 Å². The van der Waals surface area contributed by atoms with E-state index in [1.165, 1.54) is 18.3 Å². The Bertz CT molecular complexity index is 1780. The lowest BCUT2D eigenvalue weighted by Gasteiger charge is -2.13. The van der Waals surface area contributed by atoms with E-state index < -0.39 is 17.3 Å². The Morgan fingerprint density at radius 3 is 2.46 bits per heavy atom. The van der Waals surface area contributed by atoms with Gasteiger partial charge in [-0.3, -0.25) is 4.79 Å². The Labute approximate surface area is 241 Å². The van der Waals surface area contributed by atoms with E-state index in [2.05, 4.69) is 26.0 Å². The zero-order chi connectivity index (χ0) is 29.0. The Balaban J connectivity index is 1.52. The first-order valence-electron chi connectivity index (χ1n) is 12.6. The Kier molecular flexibility index (Phi) is 8.21. The number of fused-ring (bicyclic) bond motifs is 1. The largest absolute Gasteiger partial charge is 0.490 e. The first-order valence-corrected chi connectivity index (χ1v) is 13.4. The molecule has 6 nitrogen and oxygen atoms in total. The first kappa shape index (κ1) is 28.1. The monoisotopic (exact) mass is 621 g/mol. The number of rotatable bonds is 8. The van der Waals surface area contributed by atoms with Crippen LogP contribution in [0.4, 0.5) is 13.2 Å². The summed E-state index contributed by atoms with van der Waals surface area (Å²) >= 11 is 3.41. The number of hydrogen-bond donors (Lipinski definition) is 0. The fourth-order valence-electron chi connectivity index (χ4n) is 4.11. The maximum Gasteiger partial charge on any atom is 0.416 e. The van der Waals surface area contributed by atoms with E-state index in [0.717, 1.165) is 26.8 Å². The molecule has 41 heavy (non-hydrogen) atoms. The molecule has 1 aromatic heterocycles. The lowest BCUT2D eigenvalue weighted by atomic mass is 10.1. The fraction of sp³-hybridized carbons (Fsp3) is 0.129. The Morgan fingerprint density at radius 2 is 1.71 bits per heavy atom. The van der Waals surface area contributed by atoms with Crippen LogP contribution >= 0.6 is 15.9 Å². The molecule has 0 amide bonds. The second-order valence-electron chi connectivity index (χ2n) is 8.95. The van der Waals surface area contributed by atoms with Crippen molar-refractivity contribution in [3.63, 3.8) is 0 Å². The number of halogens is 4. The van der Waals surface area contributed by atoms with Gasteiger partial charge in [-0.2, -0.15) is 22.9 Å². The summed E-state index contributed by atoms with van der Waals surface area (Å²) in [4.78, 5) is 17.9. The molecule has 0 atom stereocenters. The number of alkyl halides is 3. The van der Waals surface area contributed by atoms with Gasteiger partial charge >= 0.3 is 6.18 Å². The second kappa shape index (κ2) is 12.0. The van der Waals surface area contributed by atoms with E-state index in [1.54, 1.807) is 42.5 Å². The van der Waals surface area contributed by atoms with Crippen LogP contribution in [-0.2, 0) is 12.8 Å². The minimum Gasteiger partial charge on any atom is -0.490 e. The van der Waals surface area contributed by atoms with Gasteiger partial charge in [0.1, 0.15) is 6.61 Å². The molecule has 4 aromatic carbocycles. The highest BCUT2D eigenvalue weighted by Gasteiger charge is 2.31. The number of para-hydroxylation sites is 1. The Morgan fingerprint density at radius 1 is 0.927 bits per heavy atom. The van der Waals surface area contributed by atoms with Gasteiger partial charge in [-0.25, -0.2) is 4.98 Å². The van der Waals surface area contributed by atoms with E-state index >= 15 is 0 Å². The van der Waals surface area contributed by atoms with Gasteiger partial charge in [0.25, 0.3) is 5.56 Å². The van der Waals surface area contributed by atoms with Gasteiger partial charge in [0.2, 0.25) is 0 Å². The van der Waals surface area contributed by atoms with Gasteiger partial charge in [-0.15, -0.1) is 0 Å². The average Bonchev–Trinajstić information content (AvgIpc) is 2.97. The van der Waals surface area contributed by atoms with E-state index in [4.69, 9.17) is 9.47 Å². The minimum atomic E-state index is -4.56. The zero-order valence-electron chi connectivity index (χ0n) is 21.7. The summed E-state index contributed by atoms with van der Waals surface area (Å²) in [5.74, 6) is 0.993. The highest BCUT2D eigenvalue weighted by Crippen LogP contribution is 2.32. The highest BCUT2D eigenvalue weighted by atomic mass is 79.9. The number of nitrogens with zero attached hydrogens (tertiary/aromatic N) is 3. The summed E-state index contributed by atoms with van der Waals surface area (Å²) in [6.07, 6.45) is -3.13. The van der Waals surface area contributed by atoms with Crippen molar-refractivity contribution in [2.75, 3.05) is 6.61 Å². The number of ether oxygens (including phenoxy) is 2. The van der Waals surface area contributed by atoms with E-state index in [0.29, 0.717) is 35.8 Å². The molecule has 0 saturated heterocycles. The third-order valence-corrected chi connectivity index (χ3v) is 6.63. The van der Waals surface area contributed by atoms with Crippen molar-refractivity contribution in [1.82, 2.24) is 9.66 Å². The van der Waals surface area contributed by atoms with Crippen LogP contribution in [-0.4, -0.2) is 22.5 Å². The lowest BCUT2D eigenvalue weighted by Crippen LogP contribution is -2.20. The fourth-order valence-corrected chi connectivity index (χ4v) is 4.38. The Hall–Kier alpha value is -4.44. The van der Waals surface area contributed by atoms with Gasteiger partial charge in [-0.1, -0.05) is 52.3 Å². The molecule has 0 fully saturated rings. The molecule has 0 saturated carbocycles. The maximum absolute atomic E-state index is 13.4. The predicted octanol–water partition coefficient (Wildman–Crippen LogP) is 7.70. The predicted molar refractivity (Wildman–Crippen MR) is 156 cm³/mol. The van der Waals surface area contributed by atoms with Crippen LogP contribution in [0.1, 0.15) is 23.6 Å². The van der Waals surface area contributed by atoms with Gasteiger partial charge < -0.3 is 9.47 Å². The van der Waals surface area contributed by atoms with Gasteiger partial charge in [0.05, 0.1) is 29.3 Å². The van der Waals surface area contributed by atoms with E-state index in [1.807, 2.05) is 31.2 Å². The minimum absolute atomic E-state index is 0.0180.